The maximum Gasteiger partial charge on any atom is 0.264 e. The fourth-order valence-corrected chi connectivity index (χ4v) is 4.87. The van der Waals surface area contributed by atoms with Crippen molar-refractivity contribution in [2.45, 2.75) is 38.1 Å². The van der Waals surface area contributed by atoms with E-state index in [2.05, 4.69) is 10.6 Å². The number of anilines is 2. The second kappa shape index (κ2) is 12.2. The molecule has 1 atom stereocenters. The molecule has 0 aliphatic rings. The highest BCUT2D eigenvalue weighted by molar-refractivity contribution is 7.92. The van der Waals surface area contributed by atoms with Crippen LogP contribution in [-0.4, -0.2) is 39.4 Å². The van der Waals surface area contributed by atoms with Gasteiger partial charge in [0.1, 0.15) is 12.3 Å². The molecule has 3 aromatic carbocycles. The molecule has 0 saturated heterocycles. The van der Waals surface area contributed by atoms with Crippen molar-refractivity contribution in [2.75, 3.05) is 22.8 Å². The van der Waals surface area contributed by atoms with Crippen LogP contribution in [0.1, 0.15) is 37.6 Å². The number of carbonyl (C=O) groups is 2. The van der Waals surface area contributed by atoms with Crippen molar-refractivity contribution in [3.8, 4) is 5.75 Å². The summed E-state index contributed by atoms with van der Waals surface area (Å²) in [5, 5.41) is 5.59. The number of rotatable bonds is 11. The number of benzene rings is 3. The van der Waals surface area contributed by atoms with Gasteiger partial charge in [-0.1, -0.05) is 37.3 Å². The van der Waals surface area contributed by atoms with Crippen molar-refractivity contribution in [3.05, 3.63) is 84.4 Å². The largest absolute Gasteiger partial charge is 0.494 e. The van der Waals surface area contributed by atoms with Crippen LogP contribution in [0.4, 0.5) is 11.4 Å². The molecule has 0 bridgehead atoms. The second-order valence-electron chi connectivity index (χ2n) is 8.13. The Morgan fingerprint density at radius 2 is 1.56 bits per heavy atom. The highest BCUT2D eigenvalue weighted by Crippen LogP contribution is 2.26. The molecule has 0 aromatic heterocycles. The first kappa shape index (κ1) is 26.7. The third kappa shape index (κ3) is 6.63. The van der Waals surface area contributed by atoms with Gasteiger partial charge < -0.3 is 15.4 Å². The number of hydrogen-bond acceptors (Lipinski definition) is 5. The van der Waals surface area contributed by atoms with Gasteiger partial charge in [0.05, 0.1) is 28.4 Å². The number of hydrogen-bond donors (Lipinski definition) is 2. The molecule has 0 saturated carbocycles. The zero-order valence-corrected chi connectivity index (χ0v) is 21.4. The Morgan fingerprint density at radius 1 is 0.917 bits per heavy atom. The lowest BCUT2D eigenvalue weighted by Crippen LogP contribution is -2.38. The molecule has 3 rings (SSSR count). The van der Waals surface area contributed by atoms with E-state index in [1.165, 1.54) is 12.1 Å². The molecular weight excluding hydrogens is 478 g/mol. The molecule has 36 heavy (non-hydrogen) atoms. The number of carbonyl (C=O) groups excluding carboxylic acids is 2. The first-order valence-corrected chi connectivity index (χ1v) is 13.2. The van der Waals surface area contributed by atoms with Gasteiger partial charge in [-0.2, -0.15) is 0 Å². The summed E-state index contributed by atoms with van der Waals surface area (Å²) in [4.78, 5) is 25.9. The number of ether oxygens (including phenoxy) is 1. The Balaban J connectivity index is 1.90. The minimum atomic E-state index is -4.06. The van der Waals surface area contributed by atoms with Gasteiger partial charge in [-0.05, 0) is 68.8 Å². The average molecular weight is 510 g/mol. The smallest absolute Gasteiger partial charge is 0.264 e. The second-order valence-corrected chi connectivity index (χ2v) is 9.99. The Labute approximate surface area is 212 Å². The molecule has 0 fully saturated rings. The van der Waals surface area contributed by atoms with E-state index < -0.39 is 22.5 Å². The van der Waals surface area contributed by atoms with Crippen LogP contribution in [0.3, 0.4) is 0 Å². The lowest BCUT2D eigenvalue weighted by molar-refractivity contribution is -0.114. The lowest BCUT2D eigenvalue weighted by atomic mass is 10.1. The van der Waals surface area contributed by atoms with Gasteiger partial charge in [-0.25, -0.2) is 8.42 Å². The molecule has 0 aliphatic heterocycles. The first-order valence-electron chi connectivity index (χ1n) is 11.8. The van der Waals surface area contributed by atoms with Crippen LogP contribution >= 0.6 is 0 Å². The van der Waals surface area contributed by atoms with Gasteiger partial charge >= 0.3 is 0 Å². The van der Waals surface area contributed by atoms with Crippen LogP contribution in [0.15, 0.2) is 83.8 Å². The number of nitrogens with zero attached hydrogens (tertiary/aromatic N) is 1. The summed E-state index contributed by atoms with van der Waals surface area (Å²) in [6.45, 7) is 5.68. The monoisotopic (exact) mass is 509 g/mol. The molecule has 0 unspecified atom stereocenters. The van der Waals surface area contributed by atoms with Crippen molar-refractivity contribution in [2.24, 2.45) is 0 Å². The highest BCUT2D eigenvalue weighted by atomic mass is 32.2. The van der Waals surface area contributed by atoms with E-state index in [0.717, 1.165) is 10.7 Å². The average Bonchev–Trinajstić information content (AvgIpc) is 2.88. The Bertz CT molecular complexity index is 1280. The normalized spacial score (nSPS) is 11.9. The van der Waals surface area contributed by atoms with E-state index in [1.54, 1.807) is 66.7 Å². The molecule has 0 aliphatic carbocycles. The van der Waals surface area contributed by atoms with Crippen LogP contribution in [0, 0.1) is 0 Å². The van der Waals surface area contributed by atoms with Gasteiger partial charge in [0.25, 0.3) is 15.9 Å². The fraction of sp³-hybridized carbons (Fsp3) is 0.259. The van der Waals surface area contributed by atoms with Crippen molar-refractivity contribution in [1.82, 2.24) is 5.32 Å². The van der Waals surface area contributed by atoms with Crippen LogP contribution < -0.4 is 19.7 Å². The fourth-order valence-electron chi connectivity index (χ4n) is 3.42. The highest BCUT2D eigenvalue weighted by Gasteiger charge is 2.27. The Kier molecular flexibility index (Phi) is 9.08. The lowest BCUT2D eigenvalue weighted by Gasteiger charge is -2.24. The minimum Gasteiger partial charge on any atom is -0.494 e. The SMILES string of the molecule is CCOc1ccc(N(CC(=O)Nc2ccccc2C(=O)N[C@@H](C)CC)S(=O)(=O)c2ccccc2)cc1. The van der Waals surface area contributed by atoms with Crippen molar-refractivity contribution in [3.63, 3.8) is 0 Å². The standard InChI is InChI=1S/C27H31N3O5S/c1-4-20(3)28-27(32)24-13-9-10-14-25(24)29-26(31)19-30(21-15-17-22(18-16-21)35-5-2)36(33,34)23-11-7-6-8-12-23/h6-18,20H,4-5,19H2,1-3H3,(H,28,32)(H,29,31)/t20-/m0/s1. The van der Waals surface area contributed by atoms with E-state index in [4.69, 9.17) is 4.74 Å². The van der Waals surface area contributed by atoms with Crippen molar-refractivity contribution < 1.29 is 22.7 Å². The Morgan fingerprint density at radius 3 is 2.19 bits per heavy atom. The number of amides is 2. The predicted molar refractivity (Wildman–Crippen MR) is 141 cm³/mol. The summed E-state index contributed by atoms with van der Waals surface area (Å²) in [6.07, 6.45) is 0.759. The number of sulfonamides is 1. The molecule has 8 nitrogen and oxygen atoms in total. The van der Waals surface area contributed by atoms with Gasteiger partial charge in [-0.3, -0.25) is 13.9 Å². The third-order valence-corrected chi connectivity index (χ3v) is 7.28. The zero-order valence-electron chi connectivity index (χ0n) is 20.6. The van der Waals surface area contributed by atoms with Gasteiger partial charge in [-0.15, -0.1) is 0 Å². The molecule has 0 spiro atoms. The van der Waals surface area contributed by atoms with Gasteiger partial charge in [0, 0.05) is 6.04 Å². The first-order chi connectivity index (χ1) is 17.3. The number of para-hydroxylation sites is 1. The number of nitrogens with one attached hydrogen (secondary N) is 2. The summed E-state index contributed by atoms with van der Waals surface area (Å²) in [7, 11) is -4.06. The van der Waals surface area contributed by atoms with Crippen LogP contribution in [0.5, 0.6) is 5.75 Å². The molecule has 190 valence electrons. The predicted octanol–water partition coefficient (Wildman–Crippen LogP) is 4.45. The summed E-state index contributed by atoms with van der Waals surface area (Å²) in [6, 6.07) is 21.0. The maximum absolute atomic E-state index is 13.5. The van der Waals surface area contributed by atoms with Crippen LogP contribution in [0.2, 0.25) is 0 Å². The van der Waals surface area contributed by atoms with Crippen LogP contribution in [0.25, 0.3) is 0 Å². The molecule has 9 heteroatoms. The third-order valence-electron chi connectivity index (χ3n) is 5.49. The molecule has 0 radical (unpaired) electrons. The van der Waals surface area contributed by atoms with E-state index in [1.807, 2.05) is 20.8 Å². The summed E-state index contributed by atoms with van der Waals surface area (Å²) in [5.41, 5.74) is 0.900. The van der Waals surface area contributed by atoms with Crippen molar-refractivity contribution >= 4 is 33.2 Å². The quantitative estimate of drug-likeness (QED) is 0.397. The van der Waals surface area contributed by atoms with E-state index in [0.29, 0.717) is 29.3 Å². The zero-order chi connectivity index (χ0) is 26.1. The summed E-state index contributed by atoms with van der Waals surface area (Å²) in [5.74, 6) is -0.322. The van der Waals surface area contributed by atoms with Crippen molar-refractivity contribution in [1.29, 1.82) is 0 Å². The molecule has 3 aromatic rings. The van der Waals surface area contributed by atoms with E-state index in [9.17, 15) is 18.0 Å². The molecule has 2 amide bonds. The maximum atomic E-state index is 13.5. The van der Waals surface area contributed by atoms with E-state index >= 15 is 0 Å². The Hall–Kier alpha value is -3.85. The van der Waals surface area contributed by atoms with Gasteiger partial charge in [0.15, 0.2) is 0 Å². The topological polar surface area (TPSA) is 105 Å². The summed E-state index contributed by atoms with van der Waals surface area (Å²) < 4.78 is 33.5. The molecule has 2 N–H and O–H groups in total. The molecular formula is C27H31N3O5S. The van der Waals surface area contributed by atoms with Crippen LogP contribution in [-0.2, 0) is 14.8 Å². The summed E-state index contributed by atoms with van der Waals surface area (Å²) >= 11 is 0. The van der Waals surface area contributed by atoms with E-state index in [-0.39, 0.29) is 16.8 Å². The minimum absolute atomic E-state index is 0.0348. The molecule has 0 heterocycles. The van der Waals surface area contributed by atoms with Gasteiger partial charge in [0.2, 0.25) is 5.91 Å².